The number of nitrogens with one attached hydrogen (secondary N) is 1. The van der Waals surface area contributed by atoms with Crippen molar-refractivity contribution in [3.05, 3.63) is 34.9 Å². The summed E-state index contributed by atoms with van der Waals surface area (Å²) in [5, 5.41) is 14.1. The Balaban J connectivity index is 1.58. The molecule has 1 amide bonds. The van der Waals surface area contributed by atoms with E-state index in [-0.39, 0.29) is 18.1 Å². The Bertz CT molecular complexity index is 590. The molecule has 1 aromatic rings. The van der Waals surface area contributed by atoms with E-state index >= 15 is 0 Å². The maximum Gasteiger partial charge on any atom is 0.235 e. The molecule has 2 bridgehead atoms. The number of amides is 1. The van der Waals surface area contributed by atoms with Gasteiger partial charge < -0.3 is 10.4 Å². The lowest BCUT2D eigenvalue weighted by Crippen LogP contribution is -2.52. The second-order valence-electron chi connectivity index (χ2n) is 7.21. The standard InChI is InChI=1S/C18H24ClNO2S/c1-18(2,23-10-13-5-3-4-6-14(13)19)17(22)20-15-11-7-8-12(9-11)16(15)21/h3-6,11-12,15-16,21H,7-10H2,1-2H3,(H,20,22). The van der Waals surface area contributed by atoms with Gasteiger partial charge >= 0.3 is 0 Å². The van der Waals surface area contributed by atoms with Crippen molar-refractivity contribution >= 4 is 29.3 Å². The lowest BCUT2D eigenvalue weighted by Gasteiger charge is -2.32. The van der Waals surface area contributed by atoms with Gasteiger partial charge in [-0.05, 0) is 56.6 Å². The third kappa shape index (κ3) is 3.54. The molecular weight excluding hydrogens is 330 g/mol. The summed E-state index contributed by atoms with van der Waals surface area (Å²) in [5.74, 6) is 1.53. The Morgan fingerprint density at radius 2 is 2.04 bits per heavy atom. The van der Waals surface area contributed by atoms with Crippen molar-refractivity contribution in [2.75, 3.05) is 0 Å². The molecule has 2 fully saturated rings. The predicted octanol–water partition coefficient (Wildman–Crippen LogP) is 3.63. The molecule has 3 rings (SSSR count). The molecule has 4 atom stereocenters. The molecule has 2 aliphatic rings. The monoisotopic (exact) mass is 353 g/mol. The number of hydrogen-bond acceptors (Lipinski definition) is 3. The number of rotatable bonds is 5. The van der Waals surface area contributed by atoms with Crippen LogP contribution in [-0.4, -0.2) is 27.9 Å². The molecule has 3 nitrogen and oxygen atoms in total. The van der Waals surface area contributed by atoms with Gasteiger partial charge in [-0.3, -0.25) is 4.79 Å². The van der Waals surface area contributed by atoms with Crippen LogP contribution in [0.4, 0.5) is 0 Å². The fraction of sp³-hybridized carbons (Fsp3) is 0.611. The number of carbonyl (C=O) groups is 1. The fourth-order valence-corrected chi connectivity index (χ4v) is 4.97. The molecule has 0 aromatic heterocycles. The van der Waals surface area contributed by atoms with E-state index in [9.17, 15) is 9.90 Å². The van der Waals surface area contributed by atoms with Crippen molar-refractivity contribution in [1.29, 1.82) is 0 Å². The van der Waals surface area contributed by atoms with Crippen molar-refractivity contribution < 1.29 is 9.90 Å². The van der Waals surface area contributed by atoms with E-state index in [0.29, 0.717) is 17.6 Å². The summed E-state index contributed by atoms with van der Waals surface area (Å²) in [5.41, 5.74) is 1.04. The van der Waals surface area contributed by atoms with Gasteiger partial charge in [-0.15, -0.1) is 11.8 Å². The average molecular weight is 354 g/mol. The molecule has 2 N–H and O–H groups in total. The van der Waals surface area contributed by atoms with E-state index < -0.39 is 4.75 Å². The fourth-order valence-electron chi connectivity index (χ4n) is 3.73. The Hall–Kier alpha value is -0.710. The first kappa shape index (κ1) is 17.1. The molecule has 23 heavy (non-hydrogen) atoms. The van der Waals surface area contributed by atoms with Gasteiger partial charge in [0.2, 0.25) is 5.91 Å². The topological polar surface area (TPSA) is 49.3 Å². The first-order valence-electron chi connectivity index (χ1n) is 8.25. The molecule has 1 aromatic carbocycles. The summed E-state index contributed by atoms with van der Waals surface area (Å²) >= 11 is 7.77. The summed E-state index contributed by atoms with van der Waals surface area (Å²) in [6.45, 7) is 3.87. The largest absolute Gasteiger partial charge is 0.391 e. The van der Waals surface area contributed by atoms with Crippen LogP contribution in [-0.2, 0) is 10.5 Å². The van der Waals surface area contributed by atoms with Crippen LogP contribution in [0.2, 0.25) is 5.02 Å². The highest BCUT2D eigenvalue weighted by Crippen LogP contribution is 2.45. The summed E-state index contributed by atoms with van der Waals surface area (Å²) in [4.78, 5) is 12.7. The van der Waals surface area contributed by atoms with Crippen molar-refractivity contribution in [3.8, 4) is 0 Å². The van der Waals surface area contributed by atoms with Crippen molar-refractivity contribution in [1.82, 2.24) is 5.32 Å². The van der Waals surface area contributed by atoms with Gasteiger partial charge in [-0.25, -0.2) is 0 Å². The smallest absolute Gasteiger partial charge is 0.235 e. The van der Waals surface area contributed by atoms with Crippen LogP contribution in [0.3, 0.4) is 0 Å². The van der Waals surface area contributed by atoms with Gasteiger partial charge in [0.1, 0.15) is 0 Å². The van der Waals surface area contributed by atoms with Crippen molar-refractivity contribution in [2.45, 2.75) is 55.8 Å². The van der Waals surface area contributed by atoms with Gasteiger partial charge in [0, 0.05) is 10.8 Å². The molecule has 0 spiro atoms. The molecule has 0 saturated heterocycles. The van der Waals surface area contributed by atoms with E-state index in [4.69, 9.17) is 11.6 Å². The average Bonchev–Trinajstić information content (AvgIpc) is 3.10. The molecule has 126 valence electrons. The minimum atomic E-state index is -0.555. The third-order valence-electron chi connectivity index (χ3n) is 5.26. The van der Waals surface area contributed by atoms with E-state index in [1.807, 2.05) is 38.1 Å². The highest BCUT2D eigenvalue weighted by Gasteiger charge is 2.48. The normalized spacial score (nSPS) is 29.7. The Kier molecular flexibility index (Phi) is 4.96. The molecule has 0 heterocycles. The number of aliphatic hydroxyl groups excluding tert-OH is 1. The first-order valence-corrected chi connectivity index (χ1v) is 9.61. The summed E-state index contributed by atoms with van der Waals surface area (Å²) < 4.78 is -0.555. The van der Waals surface area contributed by atoms with Crippen molar-refractivity contribution in [3.63, 3.8) is 0 Å². The number of aliphatic hydroxyl groups is 1. The number of halogens is 1. The number of fused-ring (bicyclic) bond motifs is 2. The Labute approximate surface area is 147 Å². The molecular formula is C18H24ClNO2S. The van der Waals surface area contributed by atoms with Crippen LogP contribution in [0.1, 0.15) is 38.7 Å². The maximum atomic E-state index is 12.7. The molecule has 0 aliphatic heterocycles. The highest BCUT2D eigenvalue weighted by molar-refractivity contribution is 8.00. The second kappa shape index (κ2) is 6.66. The van der Waals surface area contributed by atoms with Crippen LogP contribution in [0.5, 0.6) is 0 Å². The summed E-state index contributed by atoms with van der Waals surface area (Å²) in [7, 11) is 0. The van der Waals surface area contributed by atoms with Crippen molar-refractivity contribution in [2.24, 2.45) is 11.8 Å². The van der Waals surface area contributed by atoms with Crippen LogP contribution in [0.25, 0.3) is 0 Å². The highest BCUT2D eigenvalue weighted by atomic mass is 35.5. The van der Waals surface area contributed by atoms with E-state index in [2.05, 4.69) is 5.32 Å². The van der Waals surface area contributed by atoms with Crippen LogP contribution in [0, 0.1) is 11.8 Å². The third-order valence-corrected chi connectivity index (χ3v) is 6.99. The Morgan fingerprint density at radius 3 is 2.70 bits per heavy atom. The Morgan fingerprint density at radius 1 is 1.35 bits per heavy atom. The van der Waals surface area contributed by atoms with Gasteiger partial charge in [0.05, 0.1) is 16.9 Å². The lowest BCUT2D eigenvalue weighted by molar-refractivity contribution is -0.124. The summed E-state index contributed by atoms with van der Waals surface area (Å²) in [6.07, 6.45) is 2.91. The second-order valence-corrected chi connectivity index (χ2v) is 9.22. The zero-order valence-electron chi connectivity index (χ0n) is 13.6. The number of thioether (sulfide) groups is 1. The number of carbonyl (C=O) groups excluding carboxylic acids is 1. The number of hydrogen-bond donors (Lipinski definition) is 2. The van der Waals surface area contributed by atoms with Gasteiger partial charge in [-0.2, -0.15) is 0 Å². The predicted molar refractivity (Wildman–Crippen MR) is 95.6 cm³/mol. The molecule has 2 saturated carbocycles. The van der Waals surface area contributed by atoms with Crippen LogP contribution in [0.15, 0.2) is 24.3 Å². The van der Waals surface area contributed by atoms with Gasteiger partial charge in [0.25, 0.3) is 0 Å². The van der Waals surface area contributed by atoms with Crippen LogP contribution < -0.4 is 5.32 Å². The zero-order chi connectivity index (χ0) is 16.6. The van der Waals surface area contributed by atoms with E-state index in [1.165, 1.54) is 0 Å². The SMILES string of the molecule is CC(C)(SCc1ccccc1Cl)C(=O)NC1C2CCC(C2)C1O. The van der Waals surface area contributed by atoms with Gasteiger partial charge in [0.15, 0.2) is 0 Å². The van der Waals surface area contributed by atoms with Crippen LogP contribution >= 0.6 is 23.4 Å². The molecule has 5 heteroatoms. The van der Waals surface area contributed by atoms with E-state index in [0.717, 1.165) is 29.8 Å². The first-order chi connectivity index (χ1) is 10.9. The minimum Gasteiger partial charge on any atom is -0.391 e. The molecule has 4 unspecified atom stereocenters. The minimum absolute atomic E-state index is 0.00570. The van der Waals surface area contributed by atoms with Gasteiger partial charge in [-0.1, -0.05) is 29.8 Å². The zero-order valence-corrected chi connectivity index (χ0v) is 15.2. The summed E-state index contributed by atoms with van der Waals surface area (Å²) in [6, 6.07) is 7.66. The lowest BCUT2D eigenvalue weighted by atomic mass is 9.92. The molecule has 2 aliphatic carbocycles. The quantitative estimate of drug-likeness (QED) is 0.849. The molecule has 0 radical (unpaired) electrons. The number of benzene rings is 1. The van der Waals surface area contributed by atoms with E-state index in [1.54, 1.807) is 11.8 Å². The maximum absolute atomic E-state index is 12.7.